The molecule has 0 aliphatic carbocycles. The first-order valence-corrected chi connectivity index (χ1v) is 5.12. The summed E-state index contributed by atoms with van der Waals surface area (Å²) in [5, 5.41) is 0. The normalized spacial score (nSPS) is 12.2. The number of nitrogen functional groups attached to an aromatic ring is 1. The van der Waals surface area contributed by atoms with Gasteiger partial charge in [0.2, 0.25) is 0 Å². The van der Waals surface area contributed by atoms with E-state index in [0.29, 0.717) is 11.3 Å². The SMILES string of the molecule is CCC(C)OC(=O)c1cccc(C)c1N. The van der Waals surface area contributed by atoms with Crippen molar-refractivity contribution in [2.45, 2.75) is 33.3 Å². The van der Waals surface area contributed by atoms with E-state index < -0.39 is 0 Å². The lowest BCUT2D eigenvalue weighted by Gasteiger charge is -2.12. The molecular formula is C12H17NO2. The zero-order valence-electron chi connectivity index (χ0n) is 9.41. The quantitative estimate of drug-likeness (QED) is 0.612. The lowest BCUT2D eigenvalue weighted by Crippen LogP contribution is -2.15. The molecule has 0 heterocycles. The molecule has 0 saturated carbocycles. The second kappa shape index (κ2) is 4.82. The van der Waals surface area contributed by atoms with Crippen molar-refractivity contribution in [1.29, 1.82) is 0 Å². The number of hydrogen-bond donors (Lipinski definition) is 1. The van der Waals surface area contributed by atoms with E-state index >= 15 is 0 Å². The summed E-state index contributed by atoms with van der Waals surface area (Å²) in [6, 6.07) is 5.36. The minimum absolute atomic E-state index is 0.0718. The molecule has 0 radical (unpaired) electrons. The molecule has 0 aliphatic rings. The highest BCUT2D eigenvalue weighted by atomic mass is 16.5. The predicted molar refractivity (Wildman–Crippen MR) is 60.8 cm³/mol. The number of hydrogen-bond acceptors (Lipinski definition) is 3. The van der Waals surface area contributed by atoms with Crippen molar-refractivity contribution in [3.63, 3.8) is 0 Å². The number of para-hydroxylation sites is 1. The Morgan fingerprint density at radius 3 is 2.80 bits per heavy atom. The molecule has 0 bridgehead atoms. The van der Waals surface area contributed by atoms with Gasteiger partial charge in [-0.05, 0) is 31.9 Å². The van der Waals surface area contributed by atoms with Crippen LogP contribution in [0.2, 0.25) is 0 Å². The summed E-state index contributed by atoms with van der Waals surface area (Å²) in [7, 11) is 0. The zero-order valence-corrected chi connectivity index (χ0v) is 9.41. The molecule has 0 aliphatic heterocycles. The molecule has 0 aromatic heterocycles. The Bertz CT molecular complexity index is 361. The second-order valence-corrected chi connectivity index (χ2v) is 3.66. The van der Waals surface area contributed by atoms with Gasteiger partial charge in [-0.3, -0.25) is 0 Å². The van der Waals surface area contributed by atoms with Crippen molar-refractivity contribution in [2.24, 2.45) is 0 Å². The highest BCUT2D eigenvalue weighted by Gasteiger charge is 2.14. The van der Waals surface area contributed by atoms with Crippen molar-refractivity contribution in [1.82, 2.24) is 0 Å². The molecule has 0 fully saturated rings. The predicted octanol–water partition coefficient (Wildman–Crippen LogP) is 2.53. The molecule has 2 N–H and O–H groups in total. The van der Waals surface area contributed by atoms with Gasteiger partial charge in [0.1, 0.15) is 0 Å². The number of ether oxygens (including phenoxy) is 1. The van der Waals surface area contributed by atoms with Gasteiger partial charge in [-0.1, -0.05) is 19.1 Å². The van der Waals surface area contributed by atoms with Crippen LogP contribution in [-0.4, -0.2) is 12.1 Å². The van der Waals surface area contributed by atoms with Gasteiger partial charge in [-0.25, -0.2) is 4.79 Å². The monoisotopic (exact) mass is 207 g/mol. The van der Waals surface area contributed by atoms with Crippen LogP contribution in [-0.2, 0) is 4.74 Å². The van der Waals surface area contributed by atoms with Crippen LogP contribution in [0.4, 0.5) is 5.69 Å². The van der Waals surface area contributed by atoms with Gasteiger partial charge in [-0.15, -0.1) is 0 Å². The molecule has 15 heavy (non-hydrogen) atoms. The molecule has 0 saturated heterocycles. The molecule has 0 amide bonds. The van der Waals surface area contributed by atoms with Crippen LogP contribution in [0.15, 0.2) is 18.2 Å². The molecule has 1 aromatic carbocycles. The topological polar surface area (TPSA) is 52.3 Å². The lowest BCUT2D eigenvalue weighted by molar-refractivity contribution is 0.0335. The Morgan fingerprint density at radius 1 is 1.53 bits per heavy atom. The van der Waals surface area contributed by atoms with E-state index in [9.17, 15) is 4.79 Å². The molecule has 3 heteroatoms. The molecule has 1 aromatic rings. The summed E-state index contributed by atoms with van der Waals surface area (Å²) in [4.78, 5) is 11.7. The largest absolute Gasteiger partial charge is 0.459 e. The van der Waals surface area contributed by atoms with Crippen molar-refractivity contribution < 1.29 is 9.53 Å². The maximum absolute atomic E-state index is 11.7. The lowest BCUT2D eigenvalue weighted by atomic mass is 10.1. The minimum atomic E-state index is -0.342. The first-order valence-electron chi connectivity index (χ1n) is 5.12. The maximum atomic E-state index is 11.7. The number of benzene rings is 1. The van der Waals surface area contributed by atoms with Crippen LogP contribution < -0.4 is 5.73 Å². The number of aryl methyl sites for hydroxylation is 1. The molecule has 3 nitrogen and oxygen atoms in total. The van der Waals surface area contributed by atoms with E-state index in [1.54, 1.807) is 12.1 Å². The summed E-state index contributed by atoms with van der Waals surface area (Å²) in [6.45, 7) is 5.71. The number of nitrogens with two attached hydrogens (primary N) is 1. The van der Waals surface area contributed by atoms with Gasteiger partial charge >= 0.3 is 5.97 Å². The van der Waals surface area contributed by atoms with Crippen LogP contribution in [0.25, 0.3) is 0 Å². The van der Waals surface area contributed by atoms with Crippen molar-refractivity contribution in [3.8, 4) is 0 Å². The maximum Gasteiger partial charge on any atom is 0.340 e. The van der Waals surface area contributed by atoms with Gasteiger partial charge in [-0.2, -0.15) is 0 Å². The van der Waals surface area contributed by atoms with Gasteiger partial charge in [0, 0.05) is 5.69 Å². The zero-order chi connectivity index (χ0) is 11.4. The number of carbonyl (C=O) groups excluding carboxylic acids is 1. The van der Waals surface area contributed by atoms with Gasteiger partial charge in [0.25, 0.3) is 0 Å². The summed E-state index contributed by atoms with van der Waals surface area (Å²) >= 11 is 0. The molecular weight excluding hydrogens is 190 g/mol. The van der Waals surface area contributed by atoms with Crippen LogP contribution in [0.3, 0.4) is 0 Å². The fourth-order valence-corrected chi connectivity index (χ4v) is 1.19. The van der Waals surface area contributed by atoms with Crippen molar-refractivity contribution in [3.05, 3.63) is 29.3 Å². The Labute approximate surface area is 90.2 Å². The van der Waals surface area contributed by atoms with Crippen LogP contribution in [0.1, 0.15) is 36.2 Å². The Morgan fingerprint density at radius 2 is 2.20 bits per heavy atom. The third kappa shape index (κ3) is 2.72. The fourth-order valence-electron chi connectivity index (χ4n) is 1.19. The highest BCUT2D eigenvalue weighted by Crippen LogP contribution is 2.18. The second-order valence-electron chi connectivity index (χ2n) is 3.66. The average molecular weight is 207 g/mol. The first-order chi connectivity index (χ1) is 7.06. The van der Waals surface area contributed by atoms with Crippen LogP contribution in [0, 0.1) is 6.92 Å². The van der Waals surface area contributed by atoms with Crippen molar-refractivity contribution in [2.75, 3.05) is 5.73 Å². The number of rotatable bonds is 3. The molecule has 1 unspecified atom stereocenters. The number of anilines is 1. The van der Waals surface area contributed by atoms with Crippen LogP contribution >= 0.6 is 0 Å². The standard InChI is InChI=1S/C12H17NO2/c1-4-9(3)15-12(14)10-7-5-6-8(2)11(10)13/h5-7,9H,4,13H2,1-3H3. The van der Waals surface area contributed by atoms with Gasteiger partial charge < -0.3 is 10.5 Å². The summed E-state index contributed by atoms with van der Waals surface area (Å²) in [5.74, 6) is -0.342. The Balaban J connectivity index is 2.87. The molecule has 1 rings (SSSR count). The number of esters is 1. The van der Waals surface area contributed by atoms with Gasteiger partial charge in [0.15, 0.2) is 0 Å². The summed E-state index contributed by atoms with van der Waals surface area (Å²) in [5.41, 5.74) is 7.66. The van der Waals surface area contributed by atoms with E-state index in [2.05, 4.69) is 0 Å². The number of carbonyl (C=O) groups is 1. The van der Waals surface area contributed by atoms with E-state index in [-0.39, 0.29) is 12.1 Å². The average Bonchev–Trinajstić information content (AvgIpc) is 2.21. The summed E-state index contributed by atoms with van der Waals surface area (Å²) < 4.78 is 5.20. The molecule has 1 atom stereocenters. The van der Waals surface area contributed by atoms with Crippen molar-refractivity contribution >= 4 is 11.7 Å². The Kier molecular flexibility index (Phi) is 3.72. The first kappa shape index (κ1) is 11.6. The van der Waals surface area contributed by atoms with E-state index in [0.717, 1.165) is 12.0 Å². The van der Waals surface area contributed by atoms with E-state index in [4.69, 9.17) is 10.5 Å². The molecule has 0 spiro atoms. The smallest absolute Gasteiger partial charge is 0.340 e. The third-order valence-corrected chi connectivity index (χ3v) is 2.43. The van der Waals surface area contributed by atoms with E-state index in [1.165, 1.54) is 0 Å². The minimum Gasteiger partial charge on any atom is -0.459 e. The highest BCUT2D eigenvalue weighted by molar-refractivity contribution is 5.95. The fraction of sp³-hybridized carbons (Fsp3) is 0.417. The summed E-state index contributed by atoms with van der Waals surface area (Å²) in [6.07, 6.45) is 0.731. The van der Waals surface area contributed by atoms with Gasteiger partial charge in [0.05, 0.1) is 11.7 Å². The van der Waals surface area contributed by atoms with E-state index in [1.807, 2.05) is 26.8 Å². The molecule has 82 valence electrons. The van der Waals surface area contributed by atoms with Crippen LogP contribution in [0.5, 0.6) is 0 Å². The third-order valence-electron chi connectivity index (χ3n) is 2.43. The Hall–Kier alpha value is -1.51.